The summed E-state index contributed by atoms with van der Waals surface area (Å²) in [5.41, 5.74) is 4.88. The molecule has 0 fully saturated rings. The lowest BCUT2D eigenvalue weighted by molar-refractivity contribution is -0.138. The molecule has 0 aromatic carbocycles. The van der Waals surface area contributed by atoms with Crippen molar-refractivity contribution in [3.63, 3.8) is 0 Å². The zero-order chi connectivity index (χ0) is 11.8. The molecule has 7 heteroatoms. The Morgan fingerprint density at radius 2 is 2.00 bits per heavy atom. The molecule has 0 spiro atoms. The molecule has 7 nitrogen and oxygen atoms in total. The van der Waals surface area contributed by atoms with Crippen molar-refractivity contribution >= 4 is 17.9 Å². The number of nitrogens with two attached hydrogens (primary N) is 1. The second-order valence-corrected chi connectivity index (χ2v) is 3.03. The lowest BCUT2D eigenvalue weighted by Gasteiger charge is -2.10. The summed E-state index contributed by atoms with van der Waals surface area (Å²) in [6.07, 6.45) is 0.624. The largest absolute Gasteiger partial charge is 0.480 e. The average Bonchev–Trinajstić information content (AvgIpc) is 2.12. The van der Waals surface area contributed by atoms with E-state index >= 15 is 0 Å². The molecule has 5 N–H and O–H groups in total. The Morgan fingerprint density at radius 3 is 2.47 bits per heavy atom. The maximum atomic E-state index is 11.0. The van der Waals surface area contributed by atoms with Gasteiger partial charge >= 0.3 is 12.0 Å². The summed E-state index contributed by atoms with van der Waals surface area (Å²) in [5.74, 6) is -1.54. The first-order valence-electron chi connectivity index (χ1n) is 4.49. The number of carbonyl (C=O) groups excluding carboxylic acids is 2. The zero-order valence-corrected chi connectivity index (χ0v) is 8.45. The fourth-order valence-electron chi connectivity index (χ4n) is 0.774. The van der Waals surface area contributed by atoms with Crippen molar-refractivity contribution < 1.29 is 19.5 Å². The van der Waals surface area contributed by atoms with Crippen LogP contribution >= 0.6 is 0 Å². The topological polar surface area (TPSA) is 122 Å². The van der Waals surface area contributed by atoms with E-state index in [2.05, 4.69) is 10.6 Å². The first kappa shape index (κ1) is 13.2. The Balaban J connectivity index is 3.58. The van der Waals surface area contributed by atoms with Crippen LogP contribution in [0.5, 0.6) is 0 Å². The van der Waals surface area contributed by atoms with E-state index in [1.165, 1.54) is 6.92 Å². The molecule has 0 aliphatic rings. The van der Waals surface area contributed by atoms with E-state index in [9.17, 15) is 14.4 Å². The number of hydrogen-bond donors (Lipinski definition) is 4. The second-order valence-electron chi connectivity index (χ2n) is 3.03. The summed E-state index contributed by atoms with van der Waals surface area (Å²) in [6, 6.07) is -1.52. The van der Waals surface area contributed by atoms with Crippen LogP contribution < -0.4 is 16.4 Å². The van der Waals surface area contributed by atoms with Crippen molar-refractivity contribution in [3.05, 3.63) is 0 Å². The van der Waals surface area contributed by atoms with Gasteiger partial charge in [0.25, 0.3) is 0 Å². The normalized spacial score (nSPS) is 11.5. The minimum atomic E-state index is -1.11. The van der Waals surface area contributed by atoms with Crippen molar-refractivity contribution in [2.45, 2.75) is 25.8 Å². The number of amides is 3. The molecule has 0 unspecified atom stereocenters. The van der Waals surface area contributed by atoms with Gasteiger partial charge in [0, 0.05) is 13.0 Å². The lowest BCUT2D eigenvalue weighted by Crippen LogP contribution is -2.44. The molecule has 0 radical (unpaired) electrons. The summed E-state index contributed by atoms with van der Waals surface area (Å²) >= 11 is 0. The third kappa shape index (κ3) is 7.29. The van der Waals surface area contributed by atoms with Gasteiger partial charge in [-0.3, -0.25) is 9.59 Å². The quantitative estimate of drug-likeness (QED) is 0.427. The highest BCUT2D eigenvalue weighted by molar-refractivity contribution is 5.82. The fourth-order valence-corrected chi connectivity index (χ4v) is 0.774. The molecule has 0 rings (SSSR count). The second kappa shape index (κ2) is 6.63. The monoisotopic (exact) mass is 217 g/mol. The highest BCUT2D eigenvalue weighted by atomic mass is 16.4. The van der Waals surface area contributed by atoms with Crippen LogP contribution in [0.15, 0.2) is 0 Å². The number of rotatable bonds is 6. The van der Waals surface area contributed by atoms with E-state index in [-0.39, 0.29) is 13.0 Å². The van der Waals surface area contributed by atoms with Gasteiger partial charge in [0.1, 0.15) is 6.04 Å². The third-order valence-electron chi connectivity index (χ3n) is 1.60. The molecule has 0 heterocycles. The Hall–Kier alpha value is -1.79. The summed E-state index contributed by atoms with van der Waals surface area (Å²) < 4.78 is 0. The van der Waals surface area contributed by atoms with Gasteiger partial charge in [-0.1, -0.05) is 0 Å². The number of carboxylic acid groups (broad SMARTS) is 1. The Kier molecular flexibility index (Phi) is 5.84. The van der Waals surface area contributed by atoms with E-state index in [1.54, 1.807) is 0 Å². The van der Waals surface area contributed by atoms with Crippen LogP contribution in [-0.2, 0) is 9.59 Å². The van der Waals surface area contributed by atoms with Gasteiger partial charge < -0.3 is 21.5 Å². The molecule has 0 aromatic heterocycles. The van der Waals surface area contributed by atoms with Crippen LogP contribution in [0.4, 0.5) is 4.79 Å². The summed E-state index contributed by atoms with van der Waals surface area (Å²) in [7, 11) is 0. The maximum absolute atomic E-state index is 11.0. The molecule has 0 aliphatic heterocycles. The summed E-state index contributed by atoms with van der Waals surface area (Å²) in [4.78, 5) is 31.7. The summed E-state index contributed by atoms with van der Waals surface area (Å²) in [5, 5.41) is 13.1. The van der Waals surface area contributed by atoms with Crippen molar-refractivity contribution in [1.82, 2.24) is 10.6 Å². The Labute approximate surface area is 87.0 Å². The number of nitrogens with one attached hydrogen (secondary N) is 2. The summed E-state index contributed by atoms with van der Waals surface area (Å²) in [6.45, 7) is 1.63. The predicted molar refractivity (Wildman–Crippen MR) is 52.1 cm³/mol. The minimum absolute atomic E-state index is 0.189. The standard InChI is InChI=1S/C8H15N3O4/c1-5(7(13)14)11-8(15)10-4-2-3-6(9)12/h5H,2-4H2,1H3,(H2,9,12)(H,13,14)(H2,10,11,15)/t5-/m0/s1. The highest BCUT2D eigenvalue weighted by Gasteiger charge is 2.12. The number of carboxylic acids is 1. The van der Waals surface area contributed by atoms with Crippen molar-refractivity contribution in [3.8, 4) is 0 Å². The number of primary amides is 1. The minimum Gasteiger partial charge on any atom is -0.480 e. The van der Waals surface area contributed by atoms with Gasteiger partial charge in [-0.05, 0) is 13.3 Å². The molecule has 0 aliphatic carbocycles. The fraction of sp³-hybridized carbons (Fsp3) is 0.625. The van der Waals surface area contributed by atoms with Gasteiger partial charge in [-0.15, -0.1) is 0 Å². The molecule has 0 saturated carbocycles. The molecular weight excluding hydrogens is 202 g/mol. The van der Waals surface area contributed by atoms with Crippen molar-refractivity contribution in [2.24, 2.45) is 5.73 Å². The van der Waals surface area contributed by atoms with Gasteiger partial charge in [0.2, 0.25) is 5.91 Å². The molecule has 0 aromatic rings. The van der Waals surface area contributed by atoms with Crippen LogP contribution in [0.25, 0.3) is 0 Å². The highest BCUT2D eigenvalue weighted by Crippen LogP contribution is 1.85. The molecule has 0 saturated heterocycles. The smallest absolute Gasteiger partial charge is 0.325 e. The SMILES string of the molecule is C[C@H](NC(=O)NCCCC(N)=O)C(=O)O. The van der Waals surface area contributed by atoms with Crippen molar-refractivity contribution in [1.29, 1.82) is 0 Å². The van der Waals surface area contributed by atoms with Crippen LogP contribution in [0.2, 0.25) is 0 Å². The molecule has 3 amide bonds. The zero-order valence-electron chi connectivity index (χ0n) is 8.45. The number of urea groups is 1. The van der Waals surface area contributed by atoms with Gasteiger partial charge in [-0.2, -0.15) is 0 Å². The molecule has 1 atom stereocenters. The maximum Gasteiger partial charge on any atom is 0.325 e. The van der Waals surface area contributed by atoms with Gasteiger partial charge in [0.15, 0.2) is 0 Å². The van der Waals surface area contributed by atoms with Crippen LogP contribution in [0.1, 0.15) is 19.8 Å². The third-order valence-corrected chi connectivity index (χ3v) is 1.60. The van der Waals surface area contributed by atoms with E-state index in [4.69, 9.17) is 10.8 Å². The van der Waals surface area contributed by atoms with E-state index in [0.29, 0.717) is 6.42 Å². The van der Waals surface area contributed by atoms with E-state index in [1.807, 2.05) is 0 Å². The van der Waals surface area contributed by atoms with Gasteiger partial charge in [0.05, 0.1) is 0 Å². The molecule has 0 bridgehead atoms. The lowest BCUT2D eigenvalue weighted by atomic mass is 10.3. The molecule has 15 heavy (non-hydrogen) atoms. The predicted octanol–water partition coefficient (Wildman–Crippen LogP) is -0.976. The van der Waals surface area contributed by atoms with Gasteiger partial charge in [-0.25, -0.2) is 4.79 Å². The Bertz CT molecular complexity index is 254. The number of aliphatic carboxylic acids is 1. The number of carbonyl (C=O) groups is 3. The Morgan fingerprint density at radius 1 is 1.40 bits per heavy atom. The molecular formula is C8H15N3O4. The first-order valence-corrected chi connectivity index (χ1v) is 4.49. The van der Waals surface area contributed by atoms with E-state index < -0.39 is 23.9 Å². The van der Waals surface area contributed by atoms with Crippen molar-refractivity contribution in [2.75, 3.05) is 6.54 Å². The molecule has 86 valence electrons. The van der Waals surface area contributed by atoms with Crippen LogP contribution in [0, 0.1) is 0 Å². The van der Waals surface area contributed by atoms with Crippen LogP contribution in [0.3, 0.4) is 0 Å². The average molecular weight is 217 g/mol. The van der Waals surface area contributed by atoms with Crippen LogP contribution in [-0.4, -0.2) is 35.6 Å². The van der Waals surface area contributed by atoms with E-state index in [0.717, 1.165) is 0 Å². The first-order chi connectivity index (χ1) is 6.93. The number of hydrogen-bond acceptors (Lipinski definition) is 3.